The number of carbonyl (C=O) groups is 1. The molecular weight excluding hydrogens is 240 g/mol. The first-order valence-corrected chi connectivity index (χ1v) is 6.68. The van der Waals surface area contributed by atoms with E-state index in [2.05, 4.69) is 24.0 Å². The molecule has 1 amide bonds. The number of amides is 1. The number of hydrogen-bond donors (Lipinski definition) is 0. The molecule has 1 aromatic heterocycles. The van der Waals surface area contributed by atoms with Crippen LogP contribution in [-0.2, 0) is 11.8 Å². The molecular formula is C14H22N4O. The highest BCUT2D eigenvalue weighted by molar-refractivity contribution is 5.91. The second-order valence-electron chi connectivity index (χ2n) is 5.25. The van der Waals surface area contributed by atoms with Crippen molar-refractivity contribution in [1.82, 2.24) is 19.4 Å². The van der Waals surface area contributed by atoms with E-state index in [0.29, 0.717) is 6.04 Å². The van der Waals surface area contributed by atoms with Gasteiger partial charge in [-0.15, -0.1) is 0 Å². The molecule has 1 aromatic rings. The standard InChI is InChI=1S/C14H22N4O/c1-16(2)12-6-9-18(10-7-12)14(19)5-4-13-15-8-11-17(13)3/h4-5,8,11-12H,6-7,9-10H2,1-3H3/b5-4+. The lowest BCUT2D eigenvalue weighted by Crippen LogP contribution is -2.43. The first kappa shape index (κ1) is 13.8. The van der Waals surface area contributed by atoms with Crippen LogP contribution in [0.5, 0.6) is 0 Å². The highest BCUT2D eigenvalue weighted by Gasteiger charge is 2.22. The third-order valence-corrected chi connectivity index (χ3v) is 3.74. The smallest absolute Gasteiger partial charge is 0.246 e. The average molecular weight is 262 g/mol. The third kappa shape index (κ3) is 3.44. The molecule has 0 spiro atoms. The molecule has 1 aliphatic rings. The van der Waals surface area contributed by atoms with Gasteiger partial charge in [-0.2, -0.15) is 0 Å². The van der Waals surface area contributed by atoms with E-state index in [-0.39, 0.29) is 5.91 Å². The maximum absolute atomic E-state index is 12.1. The Labute approximate surface area is 114 Å². The van der Waals surface area contributed by atoms with Gasteiger partial charge in [0.2, 0.25) is 5.91 Å². The van der Waals surface area contributed by atoms with Crippen LogP contribution in [0.2, 0.25) is 0 Å². The Bertz CT molecular complexity index is 456. The van der Waals surface area contributed by atoms with E-state index >= 15 is 0 Å². The molecule has 0 aromatic carbocycles. The Morgan fingerprint density at radius 3 is 2.63 bits per heavy atom. The minimum Gasteiger partial charge on any atom is -0.339 e. The molecule has 0 N–H and O–H groups in total. The van der Waals surface area contributed by atoms with E-state index in [9.17, 15) is 4.79 Å². The van der Waals surface area contributed by atoms with Crippen molar-refractivity contribution in [3.63, 3.8) is 0 Å². The van der Waals surface area contributed by atoms with Crippen molar-refractivity contribution in [1.29, 1.82) is 0 Å². The van der Waals surface area contributed by atoms with E-state index in [1.54, 1.807) is 18.3 Å². The predicted molar refractivity (Wildman–Crippen MR) is 75.5 cm³/mol. The number of piperidine rings is 1. The molecule has 0 aliphatic carbocycles. The summed E-state index contributed by atoms with van der Waals surface area (Å²) in [4.78, 5) is 20.4. The van der Waals surface area contributed by atoms with Crippen LogP contribution in [0, 0.1) is 0 Å². The molecule has 104 valence electrons. The molecule has 1 saturated heterocycles. The Hall–Kier alpha value is -1.62. The number of carbonyl (C=O) groups excluding carboxylic acids is 1. The first-order valence-electron chi connectivity index (χ1n) is 6.68. The summed E-state index contributed by atoms with van der Waals surface area (Å²) in [5.41, 5.74) is 0. The molecule has 0 atom stereocenters. The second-order valence-corrected chi connectivity index (χ2v) is 5.25. The molecule has 2 heterocycles. The first-order chi connectivity index (χ1) is 9.08. The minimum absolute atomic E-state index is 0.0835. The summed E-state index contributed by atoms with van der Waals surface area (Å²) in [6.45, 7) is 1.68. The van der Waals surface area contributed by atoms with Crippen molar-refractivity contribution in [2.75, 3.05) is 27.2 Å². The van der Waals surface area contributed by atoms with Gasteiger partial charge in [0, 0.05) is 44.6 Å². The van der Waals surface area contributed by atoms with Crippen LogP contribution < -0.4 is 0 Å². The minimum atomic E-state index is 0.0835. The van der Waals surface area contributed by atoms with Crippen LogP contribution >= 0.6 is 0 Å². The molecule has 5 heteroatoms. The monoisotopic (exact) mass is 262 g/mol. The van der Waals surface area contributed by atoms with Crippen molar-refractivity contribution in [2.45, 2.75) is 18.9 Å². The highest BCUT2D eigenvalue weighted by Crippen LogP contribution is 2.14. The van der Waals surface area contributed by atoms with Crippen molar-refractivity contribution in [3.8, 4) is 0 Å². The van der Waals surface area contributed by atoms with Crippen molar-refractivity contribution < 1.29 is 4.79 Å². The Morgan fingerprint density at radius 1 is 1.42 bits per heavy atom. The van der Waals surface area contributed by atoms with Crippen molar-refractivity contribution >= 4 is 12.0 Å². The fraction of sp³-hybridized carbons (Fsp3) is 0.571. The summed E-state index contributed by atoms with van der Waals surface area (Å²) >= 11 is 0. The van der Waals surface area contributed by atoms with Crippen molar-refractivity contribution in [2.24, 2.45) is 7.05 Å². The van der Waals surface area contributed by atoms with Crippen LogP contribution in [0.4, 0.5) is 0 Å². The van der Waals surface area contributed by atoms with Crippen LogP contribution in [-0.4, -0.2) is 58.5 Å². The normalized spacial score (nSPS) is 17.6. The SMILES string of the molecule is CN(C)C1CCN(C(=O)/C=C/c2nccn2C)CC1. The lowest BCUT2D eigenvalue weighted by molar-refractivity contribution is -0.127. The number of imidazole rings is 1. The number of aryl methyl sites for hydroxylation is 1. The molecule has 2 rings (SSSR count). The molecule has 1 fully saturated rings. The summed E-state index contributed by atoms with van der Waals surface area (Å²) in [6.07, 6.45) is 9.10. The summed E-state index contributed by atoms with van der Waals surface area (Å²) in [5, 5.41) is 0. The van der Waals surface area contributed by atoms with E-state index in [1.807, 2.05) is 22.7 Å². The Morgan fingerprint density at radius 2 is 2.11 bits per heavy atom. The second kappa shape index (κ2) is 6.02. The van der Waals surface area contributed by atoms with Gasteiger partial charge in [-0.3, -0.25) is 4.79 Å². The topological polar surface area (TPSA) is 41.4 Å². The fourth-order valence-electron chi connectivity index (χ4n) is 2.39. The van der Waals surface area contributed by atoms with Crippen LogP contribution in [0.3, 0.4) is 0 Å². The van der Waals surface area contributed by atoms with Crippen molar-refractivity contribution in [3.05, 3.63) is 24.3 Å². The Balaban J connectivity index is 1.88. The summed E-state index contributed by atoms with van der Waals surface area (Å²) in [6, 6.07) is 0.600. The molecule has 0 bridgehead atoms. The molecule has 0 radical (unpaired) electrons. The predicted octanol–water partition coefficient (Wildman–Crippen LogP) is 0.986. The molecule has 0 saturated carbocycles. The number of likely N-dealkylation sites (tertiary alicyclic amines) is 1. The molecule has 19 heavy (non-hydrogen) atoms. The van der Waals surface area contributed by atoms with Gasteiger partial charge < -0.3 is 14.4 Å². The van der Waals surface area contributed by atoms with Gasteiger partial charge in [0.1, 0.15) is 5.82 Å². The quantitative estimate of drug-likeness (QED) is 0.763. The van der Waals surface area contributed by atoms with Gasteiger partial charge in [0.15, 0.2) is 0 Å². The zero-order valence-electron chi connectivity index (χ0n) is 11.9. The Kier molecular flexibility index (Phi) is 4.37. The largest absolute Gasteiger partial charge is 0.339 e. The number of rotatable bonds is 3. The lowest BCUT2D eigenvalue weighted by atomic mass is 10.0. The van der Waals surface area contributed by atoms with E-state index in [0.717, 1.165) is 31.8 Å². The zero-order valence-corrected chi connectivity index (χ0v) is 11.9. The van der Waals surface area contributed by atoms with E-state index < -0.39 is 0 Å². The van der Waals surface area contributed by atoms with Gasteiger partial charge in [-0.05, 0) is 33.0 Å². The van der Waals surface area contributed by atoms with Gasteiger partial charge in [0.25, 0.3) is 0 Å². The zero-order chi connectivity index (χ0) is 13.8. The maximum Gasteiger partial charge on any atom is 0.246 e. The number of nitrogens with zero attached hydrogens (tertiary/aromatic N) is 4. The van der Waals surface area contributed by atoms with Crippen LogP contribution in [0.1, 0.15) is 18.7 Å². The van der Waals surface area contributed by atoms with Crippen LogP contribution in [0.25, 0.3) is 6.08 Å². The number of aromatic nitrogens is 2. The number of hydrogen-bond acceptors (Lipinski definition) is 3. The summed E-state index contributed by atoms with van der Waals surface area (Å²) in [7, 11) is 6.12. The maximum atomic E-state index is 12.1. The fourth-order valence-corrected chi connectivity index (χ4v) is 2.39. The highest BCUT2D eigenvalue weighted by atomic mass is 16.2. The summed E-state index contributed by atoms with van der Waals surface area (Å²) < 4.78 is 1.89. The van der Waals surface area contributed by atoms with Gasteiger partial charge in [-0.1, -0.05) is 0 Å². The third-order valence-electron chi connectivity index (χ3n) is 3.74. The van der Waals surface area contributed by atoms with Gasteiger partial charge in [0.05, 0.1) is 0 Å². The van der Waals surface area contributed by atoms with E-state index in [1.165, 1.54) is 0 Å². The molecule has 0 unspecified atom stereocenters. The average Bonchev–Trinajstić information content (AvgIpc) is 2.81. The van der Waals surface area contributed by atoms with Gasteiger partial charge in [-0.25, -0.2) is 4.98 Å². The van der Waals surface area contributed by atoms with E-state index in [4.69, 9.17) is 0 Å². The lowest BCUT2D eigenvalue weighted by Gasteiger charge is -2.34. The molecule has 5 nitrogen and oxygen atoms in total. The molecule has 1 aliphatic heterocycles. The van der Waals surface area contributed by atoms with Crippen LogP contribution in [0.15, 0.2) is 18.5 Å². The van der Waals surface area contributed by atoms with Gasteiger partial charge >= 0.3 is 0 Å². The summed E-state index contributed by atoms with van der Waals surface area (Å²) in [5.74, 6) is 0.886.